The first-order valence-electron chi connectivity index (χ1n) is 10.4. The molecule has 0 saturated carbocycles. The normalized spacial score (nSPS) is 11.3. The zero-order chi connectivity index (χ0) is 24.1. The van der Waals surface area contributed by atoms with Gasteiger partial charge in [0.25, 0.3) is 0 Å². The first kappa shape index (κ1) is 23.0. The predicted octanol–water partition coefficient (Wildman–Crippen LogP) is 4.88. The molecule has 0 bridgehead atoms. The summed E-state index contributed by atoms with van der Waals surface area (Å²) in [5.74, 6) is 0.470. The van der Waals surface area contributed by atoms with Crippen molar-refractivity contribution in [1.82, 2.24) is 30.0 Å². The number of benzene rings is 1. The summed E-state index contributed by atoms with van der Waals surface area (Å²) in [6.45, 7) is 3.88. The molecule has 0 spiro atoms. The highest BCUT2D eigenvalue weighted by atomic mass is 19.4. The van der Waals surface area contributed by atoms with Gasteiger partial charge in [0.1, 0.15) is 0 Å². The summed E-state index contributed by atoms with van der Waals surface area (Å²) in [7, 11) is 1.83. The van der Waals surface area contributed by atoms with Crippen LogP contribution in [0.3, 0.4) is 0 Å². The minimum Gasteiger partial charge on any atom is -0.383 e. The highest BCUT2D eigenvalue weighted by Crippen LogP contribution is 2.31. The number of anilines is 2. The Morgan fingerprint density at radius 2 is 1.74 bits per heavy atom. The van der Waals surface area contributed by atoms with Crippen LogP contribution < -0.4 is 10.6 Å². The molecule has 0 unspecified atom stereocenters. The summed E-state index contributed by atoms with van der Waals surface area (Å²) in [5.41, 5.74) is 3.35. The Labute approximate surface area is 194 Å². The first-order chi connectivity index (χ1) is 16.3. The third-order valence-corrected chi connectivity index (χ3v) is 5.02. The Bertz CT molecular complexity index is 1260. The molecule has 0 aliphatic rings. The van der Waals surface area contributed by atoms with Crippen LogP contribution in [0.4, 0.5) is 24.8 Å². The predicted molar refractivity (Wildman–Crippen MR) is 123 cm³/mol. The van der Waals surface area contributed by atoms with Gasteiger partial charge in [-0.05, 0) is 23.3 Å². The van der Waals surface area contributed by atoms with E-state index in [1.165, 1.54) is 12.3 Å². The maximum atomic E-state index is 13.1. The molecule has 34 heavy (non-hydrogen) atoms. The minimum absolute atomic E-state index is 0.0522. The van der Waals surface area contributed by atoms with Crippen LogP contribution in [0.1, 0.15) is 16.8 Å². The molecule has 4 aromatic rings. The van der Waals surface area contributed by atoms with Crippen LogP contribution >= 0.6 is 0 Å². The molecule has 0 radical (unpaired) electrons. The summed E-state index contributed by atoms with van der Waals surface area (Å²) >= 11 is 0. The van der Waals surface area contributed by atoms with Gasteiger partial charge in [-0.25, -0.2) is 9.97 Å². The fourth-order valence-corrected chi connectivity index (χ4v) is 3.33. The van der Waals surface area contributed by atoms with Crippen molar-refractivity contribution in [3.05, 3.63) is 96.5 Å². The largest absolute Gasteiger partial charge is 0.418 e. The summed E-state index contributed by atoms with van der Waals surface area (Å²) in [6.07, 6.45) is 4.34. The zero-order valence-electron chi connectivity index (χ0n) is 18.3. The maximum Gasteiger partial charge on any atom is 0.418 e. The van der Waals surface area contributed by atoms with Gasteiger partial charge >= 0.3 is 6.18 Å². The Morgan fingerprint density at radius 1 is 1.00 bits per heavy atom. The highest BCUT2D eigenvalue weighted by Gasteiger charge is 2.33. The standard InChI is InChI=1S/C24H22F3N7/c1-16(29-14-22-21(24(25,26)27)4-3-9-28-22)10-17-5-7-18(8-6-17)19-11-30-23(31-12-19)33-20-13-32-34(2)15-20/h3-9,11-13,15,29H,1,10,14H2,2H3,(H,30,31,33). The lowest BCUT2D eigenvalue weighted by Crippen LogP contribution is -2.19. The second-order valence-corrected chi connectivity index (χ2v) is 7.65. The van der Waals surface area contributed by atoms with Crippen molar-refractivity contribution in [1.29, 1.82) is 0 Å². The van der Waals surface area contributed by atoms with E-state index in [4.69, 9.17) is 0 Å². The quantitative estimate of drug-likeness (QED) is 0.386. The van der Waals surface area contributed by atoms with Gasteiger partial charge in [0.05, 0.1) is 29.7 Å². The van der Waals surface area contributed by atoms with Gasteiger partial charge in [-0.3, -0.25) is 9.67 Å². The van der Waals surface area contributed by atoms with Crippen LogP contribution in [0, 0.1) is 0 Å². The van der Waals surface area contributed by atoms with Gasteiger partial charge in [-0.2, -0.15) is 18.3 Å². The fraction of sp³-hybridized carbons (Fsp3) is 0.167. The molecule has 4 rings (SSSR count). The maximum absolute atomic E-state index is 13.1. The van der Waals surface area contributed by atoms with E-state index in [1.54, 1.807) is 23.3 Å². The van der Waals surface area contributed by atoms with Crippen molar-refractivity contribution < 1.29 is 13.2 Å². The smallest absolute Gasteiger partial charge is 0.383 e. The summed E-state index contributed by atoms with van der Waals surface area (Å²) in [5, 5.41) is 10.1. The molecule has 3 heterocycles. The Balaban J connectivity index is 1.33. The summed E-state index contributed by atoms with van der Waals surface area (Å²) in [6, 6.07) is 10.1. The lowest BCUT2D eigenvalue weighted by molar-refractivity contribution is -0.138. The molecule has 0 fully saturated rings. The monoisotopic (exact) mass is 465 g/mol. The van der Waals surface area contributed by atoms with Crippen LogP contribution in [0.15, 0.2) is 79.7 Å². The number of halogens is 3. The number of nitrogens with zero attached hydrogens (tertiary/aromatic N) is 5. The van der Waals surface area contributed by atoms with Gasteiger partial charge in [0, 0.05) is 49.5 Å². The molecular weight excluding hydrogens is 443 g/mol. The third kappa shape index (κ3) is 5.77. The Hall–Kier alpha value is -4.21. The molecule has 0 aliphatic carbocycles. The summed E-state index contributed by atoms with van der Waals surface area (Å²) < 4.78 is 41.0. The number of nitrogens with one attached hydrogen (secondary N) is 2. The van der Waals surface area contributed by atoms with Crippen LogP contribution in [-0.4, -0.2) is 24.7 Å². The van der Waals surface area contributed by atoms with E-state index in [9.17, 15) is 13.2 Å². The second kappa shape index (κ2) is 9.74. The number of pyridine rings is 1. The number of rotatable bonds is 8. The van der Waals surface area contributed by atoms with E-state index < -0.39 is 11.7 Å². The number of hydrogen-bond donors (Lipinski definition) is 2. The van der Waals surface area contributed by atoms with Crippen molar-refractivity contribution >= 4 is 11.6 Å². The Morgan fingerprint density at radius 3 is 2.38 bits per heavy atom. The van der Waals surface area contributed by atoms with Gasteiger partial charge in [0.2, 0.25) is 5.95 Å². The van der Waals surface area contributed by atoms with Gasteiger partial charge in [0.15, 0.2) is 0 Å². The van der Waals surface area contributed by atoms with E-state index >= 15 is 0 Å². The average Bonchev–Trinajstić information content (AvgIpc) is 3.23. The van der Waals surface area contributed by atoms with Crippen LogP contribution in [0.2, 0.25) is 0 Å². The summed E-state index contributed by atoms with van der Waals surface area (Å²) in [4.78, 5) is 12.5. The van der Waals surface area contributed by atoms with Crippen molar-refractivity contribution in [2.45, 2.75) is 19.1 Å². The van der Waals surface area contributed by atoms with Crippen LogP contribution in [-0.2, 0) is 26.2 Å². The zero-order valence-corrected chi connectivity index (χ0v) is 18.3. The third-order valence-electron chi connectivity index (χ3n) is 5.02. The fourth-order valence-electron chi connectivity index (χ4n) is 3.33. The molecule has 1 aromatic carbocycles. The van der Waals surface area contributed by atoms with E-state index in [-0.39, 0.29) is 12.2 Å². The van der Waals surface area contributed by atoms with Gasteiger partial charge in [-0.1, -0.05) is 30.8 Å². The number of aryl methyl sites for hydroxylation is 1. The highest BCUT2D eigenvalue weighted by molar-refractivity contribution is 5.63. The molecule has 0 aliphatic heterocycles. The molecule has 3 aromatic heterocycles. The van der Waals surface area contributed by atoms with Gasteiger partial charge < -0.3 is 10.6 Å². The van der Waals surface area contributed by atoms with Crippen molar-refractivity contribution in [2.75, 3.05) is 5.32 Å². The van der Waals surface area contributed by atoms with Gasteiger partial charge in [-0.15, -0.1) is 0 Å². The molecule has 2 N–H and O–H groups in total. The molecule has 0 atom stereocenters. The molecule has 0 amide bonds. The van der Waals surface area contributed by atoms with Crippen molar-refractivity contribution in [2.24, 2.45) is 7.05 Å². The Kier molecular flexibility index (Phi) is 6.58. The van der Waals surface area contributed by atoms with Crippen molar-refractivity contribution in [3.63, 3.8) is 0 Å². The van der Waals surface area contributed by atoms with Crippen molar-refractivity contribution in [3.8, 4) is 11.1 Å². The van der Waals surface area contributed by atoms with E-state index in [0.29, 0.717) is 18.1 Å². The average molecular weight is 465 g/mol. The van der Waals surface area contributed by atoms with E-state index in [0.717, 1.165) is 28.4 Å². The molecule has 174 valence electrons. The van der Waals surface area contributed by atoms with Crippen LogP contribution in [0.5, 0.6) is 0 Å². The van der Waals surface area contributed by atoms with Crippen LogP contribution in [0.25, 0.3) is 11.1 Å². The lowest BCUT2D eigenvalue weighted by atomic mass is 10.0. The van der Waals surface area contributed by atoms with E-state index in [2.05, 4.69) is 37.3 Å². The number of hydrogen-bond acceptors (Lipinski definition) is 6. The molecule has 10 heteroatoms. The first-order valence-corrected chi connectivity index (χ1v) is 10.4. The SMILES string of the molecule is C=C(Cc1ccc(-c2cnc(Nc3cnn(C)c3)nc2)cc1)NCc1ncccc1C(F)(F)F. The lowest BCUT2D eigenvalue weighted by Gasteiger charge is -2.14. The number of aromatic nitrogens is 5. The molecule has 0 saturated heterocycles. The number of allylic oxidation sites excluding steroid dienone is 1. The molecular formula is C24H22F3N7. The number of alkyl halides is 3. The topological polar surface area (TPSA) is 80.5 Å². The minimum atomic E-state index is -4.45. The molecule has 7 nitrogen and oxygen atoms in total. The second-order valence-electron chi connectivity index (χ2n) is 7.65. The van der Waals surface area contributed by atoms with E-state index in [1.807, 2.05) is 37.5 Å².